The summed E-state index contributed by atoms with van der Waals surface area (Å²) in [6.45, 7) is 14.5. The molecule has 104 valence electrons. The zero-order chi connectivity index (χ0) is 13.8. The van der Waals surface area contributed by atoms with E-state index in [0.29, 0.717) is 11.5 Å². The van der Waals surface area contributed by atoms with E-state index >= 15 is 0 Å². The third-order valence-corrected chi connectivity index (χ3v) is 4.58. The topological polar surface area (TPSA) is 24.9 Å². The zero-order valence-corrected chi connectivity index (χ0v) is 13.6. The Kier molecular flexibility index (Phi) is 5.80. The Balaban J connectivity index is 2.43. The van der Waals surface area contributed by atoms with Crippen LogP contribution in [0.1, 0.15) is 56.1 Å². The Morgan fingerprint density at radius 2 is 1.94 bits per heavy atom. The van der Waals surface area contributed by atoms with Crippen molar-refractivity contribution in [1.82, 2.24) is 10.3 Å². The monoisotopic (exact) mass is 268 g/mol. The maximum Gasteiger partial charge on any atom is 0.0930 e. The average Bonchev–Trinajstić information content (AvgIpc) is 2.56. The summed E-state index contributed by atoms with van der Waals surface area (Å²) in [5.74, 6) is 0. The van der Waals surface area contributed by atoms with Gasteiger partial charge in [0.1, 0.15) is 0 Å². The van der Waals surface area contributed by atoms with E-state index in [1.807, 2.05) is 11.3 Å². The summed E-state index contributed by atoms with van der Waals surface area (Å²) < 4.78 is 0. The van der Waals surface area contributed by atoms with Crippen molar-refractivity contribution >= 4 is 11.3 Å². The van der Waals surface area contributed by atoms with E-state index in [1.165, 1.54) is 28.4 Å². The molecular formula is C15H28N2S. The van der Waals surface area contributed by atoms with Gasteiger partial charge in [0, 0.05) is 10.9 Å². The minimum absolute atomic E-state index is 0.338. The van der Waals surface area contributed by atoms with Crippen molar-refractivity contribution < 1.29 is 0 Å². The summed E-state index contributed by atoms with van der Waals surface area (Å²) in [6.07, 6.45) is 3.58. The van der Waals surface area contributed by atoms with Gasteiger partial charge < -0.3 is 5.32 Å². The lowest BCUT2D eigenvalue weighted by molar-refractivity contribution is 0.254. The van der Waals surface area contributed by atoms with Gasteiger partial charge in [-0.1, -0.05) is 27.7 Å². The molecule has 0 saturated carbocycles. The molecule has 1 rings (SSSR count). The van der Waals surface area contributed by atoms with E-state index in [2.05, 4.69) is 51.8 Å². The number of hydrogen-bond donors (Lipinski definition) is 1. The first-order chi connectivity index (χ1) is 8.34. The van der Waals surface area contributed by atoms with Crippen molar-refractivity contribution in [1.29, 1.82) is 0 Å². The highest BCUT2D eigenvalue weighted by atomic mass is 32.1. The molecule has 0 fully saturated rings. The molecule has 1 N–H and O–H groups in total. The van der Waals surface area contributed by atoms with E-state index in [4.69, 9.17) is 0 Å². The maximum absolute atomic E-state index is 4.61. The number of aryl methyl sites for hydroxylation is 3. The third-order valence-electron chi connectivity index (χ3n) is 3.45. The Morgan fingerprint density at radius 1 is 1.28 bits per heavy atom. The molecule has 1 atom stereocenters. The SMILES string of the molecule is CCNC(CCCc1nc(C)c(C)s1)C(C)(C)C. The summed E-state index contributed by atoms with van der Waals surface area (Å²) in [7, 11) is 0. The molecule has 1 aromatic rings. The molecule has 1 unspecified atom stereocenters. The third kappa shape index (κ3) is 4.69. The van der Waals surface area contributed by atoms with E-state index < -0.39 is 0 Å². The number of hydrogen-bond acceptors (Lipinski definition) is 3. The molecule has 0 aromatic carbocycles. The van der Waals surface area contributed by atoms with Gasteiger partial charge >= 0.3 is 0 Å². The molecule has 3 heteroatoms. The van der Waals surface area contributed by atoms with Crippen LogP contribution in [-0.4, -0.2) is 17.6 Å². The zero-order valence-electron chi connectivity index (χ0n) is 12.8. The highest BCUT2D eigenvalue weighted by Crippen LogP contribution is 2.24. The molecule has 1 heterocycles. The number of aromatic nitrogens is 1. The molecule has 0 bridgehead atoms. The highest BCUT2D eigenvalue weighted by molar-refractivity contribution is 7.11. The first kappa shape index (κ1) is 15.6. The molecule has 1 aromatic heterocycles. The lowest BCUT2D eigenvalue weighted by Gasteiger charge is -2.31. The second-order valence-corrected chi connectivity index (χ2v) is 7.41. The number of thiazole rings is 1. The summed E-state index contributed by atoms with van der Waals surface area (Å²) >= 11 is 1.86. The smallest absolute Gasteiger partial charge is 0.0930 e. The number of rotatable bonds is 6. The van der Waals surface area contributed by atoms with Crippen LogP contribution >= 0.6 is 11.3 Å². The van der Waals surface area contributed by atoms with Crippen molar-refractivity contribution in [2.75, 3.05) is 6.54 Å². The van der Waals surface area contributed by atoms with Crippen molar-refractivity contribution in [3.8, 4) is 0 Å². The lowest BCUT2D eigenvalue weighted by atomic mass is 9.84. The minimum atomic E-state index is 0.338. The molecule has 0 aliphatic rings. The van der Waals surface area contributed by atoms with E-state index in [9.17, 15) is 0 Å². The van der Waals surface area contributed by atoms with Crippen molar-refractivity contribution in [3.05, 3.63) is 15.6 Å². The Morgan fingerprint density at radius 3 is 2.39 bits per heavy atom. The fourth-order valence-corrected chi connectivity index (χ4v) is 3.17. The first-order valence-electron chi connectivity index (χ1n) is 7.01. The van der Waals surface area contributed by atoms with Gasteiger partial charge in [-0.05, 0) is 45.1 Å². The molecule has 0 aliphatic carbocycles. The second-order valence-electron chi connectivity index (χ2n) is 6.12. The summed E-state index contributed by atoms with van der Waals surface area (Å²) in [4.78, 5) is 5.98. The fraction of sp³-hybridized carbons (Fsp3) is 0.800. The Labute approximate surface area is 116 Å². The Hall–Kier alpha value is -0.410. The van der Waals surface area contributed by atoms with Gasteiger partial charge in [-0.3, -0.25) is 0 Å². The van der Waals surface area contributed by atoms with Gasteiger partial charge in [-0.15, -0.1) is 11.3 Å². The largest absolute Gasteiger partial charge is 0.314 e. The van der Waals surface area contributed by atoms with Crippen LogP contribution in [0.3, 0.4) is 0 Å². The van der Waals surface area contributed by atoms with Crippen molar-refractivity contribution in [3.63, 3.8) is 0 Å². The number of nitrogens with one attached hydrogen (secondary N) is 1. The molecular weight excluding hydrogens is 240 g/mol. The summed E-state index contributed by atoms with van der Waals surface area (Å²) in [5, 5.41) is 4.91. The second kappa shape index (κ2) is 6.67. The molecule has 2 nitrogen and oxygen atoms in total. The molecule has 0 saturated heterocycles. The van der Waals surface area contributed by atoms with Gasteiger partial charge in [-0.2, -0.15) is 0 Å². The highest BCUT2D eigenvalue weighted by Gasteiger charge is 2.23. The van der Waals surface area contributed by atoms with Gasteiger partial charge in [0.2, 0.25) is 0 Å². The molecule has 0 spiro atoms. The number of nitrogens with zero attached hydrogens (tertiary/aromatic N) is 1. The van der Waals surface area contributed by atoms with Crippen LogP contribution in [0.2, 0.25) is 0 Å². The van der Waals surface area contributed by atoms with Crippen LogP contribution in [0.25, 0.3) is 0 Å². The normalized spacial score (nSPS) is 13.9. The van der Waals surface area contributed by atoms with Gasteiger partial charge in [0.15, 0.2) is 0 Å². The first-order valence-corrected chi connectivity index (χ1v) is 7.82. The van der Waals surface area contributed by atoms with E-state index in [-0.39, 0.29) is 0 Å². The standard InChI is InChI=1S/C15H28N2S/c1-7-16-13(15(4,5)6)9-8-10-14-17-11(2)12(3)18-14/h13,16H,7-10H2,1-6H3. The van der Waals surface area contributed by atoms with Crippen LogP contribution in [0, 0.1) is 19.3 Å². The van der Waals surface area contributed by atoms with E-state index in [1.54, 1.807) is 0 Å². The fourth-order valence-electron chi connectivity index (χ4n) is 2.19. The predicted octanol–water partition coefficient (Wildman–Crippen LogP) is 4.11. The van der Waals surface area contributed by atoms with Crippen LogP contribution in [0.4, 0.5) is 0 Å². The van der Waals surface area contributed by atoms with Crippen molar-refractivity contribution in [2.45, 2.75) is 66.8 Å². The molecule has 18 heavy (non-hydrogen) atoms. The maximum atomic E-state index is 4.61. The molecule has 0 amide bonds. The molecule has 0 aliphatic heterocycles. The average molecular weight is 268 g/mol. The Bertz CT molecular complexity index is 344. The minimum Gasteiger partial charge on any atom is -0.314 e. The van der Waals surface area contributed by atoms with Crippen LogP contribution < -0.4 is 5.32 Å². The van der Waals surface area contributed by atoms with Crippen LogP contribution in [0.15, 0.2) is 0 Å². The van der Waals surface area contributed by atoms with Crippen LogP contribution in [-0.2, 0) is 6.42 Å². The van der Waals surface area contributed by atoms with Gasteiger partial charge in [0.05, 0.1) is 10.7 Å². The van der Waals surface area contributed by atoms with Crippen LogP contribution in [0.5, 0.6) is 0 Å². The predicted molar refractivity (Wildman–Crippen MR) is 81.4 cm³/mol. The van der Waals surface area contributed by atoms with E-state index in [0.717, 1.165) is 13.0 Å². The summed E-state index contributed by atoms with van der Waals surface area (Å²) in [6, 6.07) is 0.602. The quantitative estimate of drug-likeness (QED) is 0.840. The van der Waals surface area contributed by atoms with Crippen molar-refractivity contribution in [2.24, 2.45) is 5.41 Å². The lowest BCUT2D eigenvalue weighted by Crippen LogP contribution is -2.40. The van der Waals surface area contributed by atoms with Gasteiger partial charge in [0.25, 0.3) is 0 Å². The molecule has 0 radical (unpaired) electrons. The summed E-state index contributed by atoms with van der Waals surface area (Å²) in [5.41, 5.74) is 1.54. The van der Waals surface area contributed by atoms with Gasteiger partial charge in [-0.25, -0.2) is 4.98 Å².